The van der Waals surface area contributed by atoms with E-state index in [1.165, 1.54) is 19.1 Å². The van der Waals surface area contributed by atoms with E-state index in [0.717, 1.165) is 23.4 Å². The summed E-state index contributed by atoms with van der Waals surface area (Å²) in [5.74, 6) is -0.375. The molecule has 0 saturated heterocycles. The van der Waals surface area contributed by atoms with Crippen LogP contribution in [0.2, 0.25) is 10.0 Å². The molecule has 0 radical (unpaired) electrons. The zero-order valence-corrected chi connectivity index (χ0v) is 16.0. The molecule has 8 heteroatoms. The molecule has 0 spiro atoms. The topological polar surface area (TPSA) is 66.5 Å². The Labute approximate surface area is 148 Å². The van der Waals surface area contributed by atoms with Crippen LogP contribution in [-0.2, 0) is 14.8 Å². The minimum Gasteiger partial charge on any atom is -0.352 e. The summed E-state index contributed by atoms with van der Waals surface area (Å²) in [6.45, 7) is 5.44. The van der Waals surface area contributed by atoms with Crippen LogP contribution in [0.1, 0.15) is 33.6 Å². The summed E-state index contributed by atoms with van der Waals surface area (Å²) in [7, 11) is -3.72. The van der Waals surface area contributed by atoms with Crippen molar-refractivity contribution in [1.82, 2.24) is 5.32 Å². The predicted molar refractivity (Wildman–Crippen MR) is 95.8 cm³/mol. The molecule has 1 atom stereocenters. The minimum atomic E-state index is -3.72. The van der Waals surface area contributed by atoms with Crippen molar-refractivity contribution < 1.29 is 13.2 Å². The van der Waals surface area contributed by atoms with Gasteiger partial charge < -0.3 is 5.32 Å². The average Bonchev–Trinajstić information content (AvgIpc) is 2.46. The fourth-order valence-electron chi connectivity index (χ4n) is 2.25. The van der Waals surface area contributed by atoms with Gasteiger partial charge in [-0.15, -0.1) is 0 Å². The van der Waals surface area contributed by atoms with Crippen LogP contribution in [0.15, 0.2) is 18.2 Å². The van der Waals surface area contributed by atoms with Crippen LogP contribution in [-0.4, -0.2) is 32.7 Å². The van der Waals surface area contributed by atoms with E-state index >= 15 is 0 Å². The summed E-state index contributed by atoms with van der Waals surface area (Å²) < 4.78 is 25.4. The number of carbonyl (C=O) groups excluding carboxylic acids is 1. The lowest BCUT2D eigenvalue weighted by Crippen LogP contribution is -2.50. The Morgan fingerprint density at radius 1 is 1.26 bits per heavy atom. The molecule has 1 amide bonds. The van der Waals surface area contributed by atoms with Crippen molar-refractivity contribution >= 4 is 44.8 Å². The van der Waals surface area contributed by atoms with E-state index in [0.29, 0.717) is 5.02 Å². The number of nitrogens with zero attached hydrogens (tertiary/aromatic N) is 1. The molecule has 1 N–H and O–H groups in total. The number of hydrogen-bond acceptors (Lipinski definition) is 3. The van der Waals surface area contributed by atoms with Crippen LogP contribution in [0.5, 0.6) is 0 Å². The number of sulfonamides is 1. The third kappa shape index (κ3) is 5.26. The van der Waals surface area contributed by atoms with E-state index in [4.69, 9.17) is 23.2 Å². The molecule has 1 aromatic carbocycles. The van der Waals surface area contributed by atoms with E-state index < -0.39 is 16.1 Å². The first-order chi connectivity index (χ1) is 10.6. The number of rotatable bonds is 7. The summed E-state index contributed by atoms with van der Waals surface area (Å²) in [4.78, 5) is 12.4. The van der Waals surface area contributed by atoms with E-state index in [1.54, 1.807) is 6.07 Å². The number of benzene rings is 1. The van der Waals surface area contributed by atoms with Gasteiger partial charge in [0.2, 0.25) is 15.9 Å². The first-order valence-corrected chi connectivity index (χ1v) is 9.97. The zero-order valence-electron chi connectivity index (χ0n) is 13.6. The minimum absolute atomic E-state index is 0.00111. The number of anilines is 1. The van der Waals surface area contributed by atoms with Gasteiger partial charge in [0.1, 0.15) is 6.04 Å². The Morgan fingerprint density at radius 3 is 2.30 bits per heavy atom. The molecule has 5 nitrogen and oxygen atoms in total. The highest BCUT2D eigenvalue weighted by atomic mass is 35.5. The first kappa shape index (κ1) is 20.1. The van der Waals surface area contributed by atoms with Crippen molar-refractivity contribution in [3.63, 3.8) is 0 Å². The smallest absolute Gasteiger partial charge is 0.243 e. The van der Waals surface area contributed by atoms with Crippen LogP contribution in [0.4, 0.5) is 5.69 Å². The van der Waals surface area contributed by atoms with Crippen LogP contribution in [0.25, 0.3) is 0 Å². The van der Waals surface area contributed by atoms with Crippen molar-refractivity contribution in [1.29, 1.82) is 0 Å². The van der Waals surface area contributed by atoms with Gasteiger partial charge in [-0.05, 0) is 38.0 Å². The van der Waals surface area contributed by atoms with Crippen molar-refractivity contribution in [2.45, 2.75) is 45.7 Å². The Morgan fingerprint density at radius 2 is 1.83 bits per heavy atom. The molecule has 0 aromatic heterocycles. The Hall–Kier alpha value is -0.980. The number of hydrogen-bond donors (Lipinski definition) is 1. The van der Waals surface area contributed by atoms with Crippen LogP contribution >= 0.6 is 23.2 Å². The van der Waals surface area contributed by atoms with Crippen LogP contribution in [0, 0.1) is 0 Å². The van der Waals surface area contributed by atoms with Crippen molar-refractivity contribution in [2.24, 2.45) is 0 Å². The third-order valence-electron chi connectivity index (χ3n) is 3.57. The van der Waals surface area contributed by atoms with Gasteiger partial charge >= 0.3 is 0 Å². The summed E-state index contributed by atoms with van der Waals surface area (Å²) >= 11 is 12.1. The molecule has 0 fully saturated rings. The highest BCUT2D eigenvalue weighted by Gasteiger charge is 2.31. The number of carbonyl (C=O) groups is 1. The maximum Gasteiger partial charge on any atom is 0.243 e. The Kier molecular flexibility index (Phi) is 7.17. The molecule has 0 aliphatic rings. The number of nitrogens with one attached hydrogen (secondary N) is 1. The number of amides is 1. The molecule has 0 aliphatic carbocycles. The second-order valence-electron chi connectivity index (χ2n) is 5.35. The summed E-state index contributed by atoms with van der Waals surface area (Å²) in [6.07, 6.45) is 2.57. The van der Waals surface area contributed by atoms with E-state index in [-0.39, 0.29) is 22.7 Å². The lowest BCUT2D eigenvalue weighted by Gasteiger charge is -2.30. The molecule has 1 aromatic rings. The van der Waals surface area contributed by atoms with Gasteiger partial charge in [-0.25, -0.2) is 8.42 Å². The van der Waals surface area contributed by atoms with Crippen LogP contribution < -0.4 is 9.62 Å². The number of halogens is 2. The highest BCUT2D eigenvalue weighted by Crippen LogP contribution is 2.32. The second kappa shape index (κ2) is 8.22. The molecule has 23 heavy (non-hydrogen) atoms. The molecule has 0 aliphatic heterocycles. The molecule has 0 bridgehead atoms. The average molecular weight is 381 g/mol. The van der Waals surface area contributed by atoms with Gasteiger partial charge in [-0.1, -0.05) is 37.0 Å². The van der Waals surface area contributed by atoms with Gasteiger partial charge in [0.25, 0.3) is 0 Å². The molecule has 130 valence electrons. The normalized spacial score (nSPS) is 13.0. The standard InChI is InChI=1S/C15H22Cl2N2O3S/c1-5-12(6-2)18-15(20)10(3)19(23(4,21)22)14-9-11(16)7-8-13(14)17/h7-10,12H,5-6H2,1-4H3,(H,18,20). The predicted octanol–water partition coefficient (Wildman–Crippen LogP) is 3.45. The molecular formula is C15H22Cl2N2O3S. The maximum absolute atomic E-state index is 12.4. The first-order valence-electron chi connectivity index (χ1n) is 7.36. The zero-order chi connectivity index (χ0) is 17.8. The van der Waals surface area contributed by atoms with Gasteiger partial charge in [0.15, 0.2) is 0 Å². The lowest BCUT2D eigenvalue weighted by atomic mass is 10.1. The third-order valence-corrected chi connectivity index (χ3v) is 5.35. The van der Waals surface area contributed by atoms with Crippen molar-refractivity contribution in [3.8, 4) is 0 Å². The molecule has 1 rings (SSSR count). The Bertz CT molecular complexity index is 661. The highest BCUT2D eigenvalue weighted by molar-refractivity contribution is 7.92. The van der Waals surface area contributed by atoms with Gasteiger partial charge in [0, 0.05) is 11.1 Å². The molecular weight excluding hydrogens is 359 g/mol. The quantitative estimate of drug-likeness (QED) is 0.787. The summed E-state index contributed by atoms with van der Waals surface area (Å²) in [5, 5.41) is 3.40. The molecule has 0 saturated carbocycles. The Balaban J connectivity index is 3.22. The molecule has 0 heterocycles. The summed E-state index contributed by atoms with van der Waals surface area (Å²) in [5.41, 5.74) is 0.189. The fourth-order valence-corrected chi connectivity index (χ4v) is 3.85. The van der Waals surface area contributed by atoms with Gasteiger partial charge in [-0.3, -0.25) is 9.10 Å². The monoisotopic (exact) mass is 380 g/mol. The van der Waals surface area contributed by atoms with E-state index in [2.05, 4.69) is 5.32 Å². The van der Waals surface area contributed by atoms with Gasteiger partial charge in [-0.2, -0.15) is 0 Å². The largest absolute Gasteiger partial charge is 0.352 e. The van der Waals surface area contributed by atoms with E-state index in [1.807, 2.05) is 13.8 Å². The fraction of sp³-hybridized carbons (Fsp3) is 0.533. The van der Waals surface area contributed by atoms with Crippen LogP contribution in [0.3, 0.4) is 0 Å². The van der Waals surface area contributed by atoms with Crippen molar-refractivity contribution in [3.05, 3.63) is 28.2 Å². The van der Waals surface area contributed by atoms with Gasteiger partial charge in [0.05, 0.1) is 17.0 Å². The second-order valence-corrected chi connectivity index (χ2v) is 8.06. The van der Waals surface area contributed by atoms with Crippen molar-refractivity contribution in [2.75, 3.05) is 10.6 Å². The maximum atomic E-state index is 12.4. The molecule has 1 unspecified atom stereocenters. The van der Waals surface area contributed by atoms with E-state index in [9.17, 15) is 13.2 Å². The SMILES string of the molecule is CCC(CC)NC(=O)C(C)N(c1cc(Cl)ccc1Cl)S(C)(=O)=O. The lowest BCUT2D eigenvalue weighted by molar-refractivity contribution is -0.122. The summed E-state index contributed by atoms with van der Waals surface area (Å²) in [6, 6.07) is 3.56.